The molecule has 1 aromatic heterocycles. The third-order valence-corrected chi connectivity index (χ3v) is 4.38. The second-order valence-corrected chi connectivity index (χ2v) is 6.23. The Hall–Kier alpha value is -1.79. The van der Waals surface area contributed by atoms with Crippen molar-refractivity contribution in [2.24, 2.45) is 0 Å². The van der Waals surface area contributed by atoms with Crippen LogP contribution >= 0.6 is 23.4 Å². The molecule has 0 bridgehead atoms. The van der Waals surface area contributed by atoms with Crippen molar-refractivity contribution < 1.29 is 9.53 Å². The van der Waals surface area contributed by atoms with Gasteiger partial charge in [0.2, 0.25) is 0 Å². The molecule has 0 aliphatic heterocycles. The predicted molar refractivity (Wildman–Crippen MR) is 91.8 cm³/mol. The van der Waals surface area contributed by atoms with E-state index in [0.717, 1.165) is 12.2 Å². The van der Waals surface area contributed by atoms with E-state index in [1.165, 1.54) is 22.5 Å². The van der Waals surface area contributed by atoms with Crippen LogP contribution in [0.25, 0.3) is 5.69 Å². The molecule has 5 nitrogen and oxygen atoms in total. The molecule has 2 aromatic rings. The van der Waals surface area contributed by atoms with Gasteiger partial charge in [-0.05, 0) is 43.4 Å². The summed E-state index contributed by atoms with van der Waals surface area (Å²) in [5, 5.41) is 4.77. The van der Waals surface area contributed by atoms with Crippen LogP contribution in [0.2, 0.25) is 5.02 Å². The monoisotopic (exact) mass is 352 g/mol. The number of rotatable bonds is 6. The zero-order chi connectivity index (χ0) is 16.8. The standard InChI is InChI=1S/C16H17ClN2O3S/c1-3-9-23-13-10-14(20)19(12-7-5-11(17)6-8-12)18-15(13)16(21)22-4-2/h5-8,10H,3-4,9H2,1-2H3. The normalized spacial score (nSPS) is 10.6. The molecule has 0 atom stereocenters. The van der Waals surface area contributed by atoms with Gasteiger partial charge in [0.15, 0.2) is 5.69 Å². The molecule has 0 N–H and O–H groups in total. The van der Waals surface area contributed by atoms with Crippen molar-refractivity contribution in [3.63, 3.8) is 0 Å². The van der Waals surface area contributed by atoms with Gasteiger partial charge < -0.3 is 4.74 Å². The van der Waals surface area contributed by atoms with Gasteiger partial charge >= 0.3 is 5.97 Å². The van der Waals surface area contributed by atoms with Crippen LogP contribution in [0.15, 0.2) is 40.0 Å². The van der Waals surface area contributed by atoms with Gasteiger partial charge in [0.25, 0.3) is 5.56 Å². The number of halogens is 1. The Morgan fingerprint density at radius 3 is 2.61 bits per heavy atom. The quantitative estimate of drug-likeness (QED) is 0.587. The molecular formula is C16H17ClN2O3S. The van der Waals surface area contributed by atoms with Crippen LogP contribution in [0.3, 0.4) is 0 Å². The summed E-state index contributed by atoms with van der Waals surface area (Å²) in [6.07, 6.45) is 0.924. The first-order valence-electron chi connectivity index (χ1n) is 7.27. The van der Waals surface area contributed by atoms with E-state index in [2.05, 4.69) is 5.10 Å². The second kappa shape index (κ2) is 8.17. The zero-order valence-electron chi connectivity index (χ0n) is 12.9. The molecule has 0 aliphatic rings. The highest BCUT2D eigenvalue weighted by molar-refractivity contribution is 7.99. The summed E-state index contributed by atoms with van der Waals surface area (Å²) in [4.78, 5) is 25.0. The van der Waals surface area contributed by atoms with Crippen molar-refractivity contribution in [2.45, 2.75) is 25.2 Å². The van der Waals surface area contributed by atoms with E-state index in [4.69, 9.17) is 16.3 Å². The SMILES string of the molecule is CCCSc1cc(=O)n(-c2ccc(Cl)cc2)nc1C(=O)OCC. The molecule has 0 saturated heterocycles. The van der Waals surface area contributed by atoms with Gasteiger partial charge in [-0.2, -0.15) is 9.78 Å². The number of hydrogen-bond acceptors (Lipinski definition) is 5. The molecule has 1 heterocycles. The fraction of sp³-hybridized carbons (Fsp3) is 0.312. The van der Waals surface area contributed by atoms with Crippen LogP contribution in [-0.2, 0) is 4.74 Å². The van der Waals surface area contributed by atoms with Crippen molar-refractivity contribution in [3.8, 4) is 5.69 Å². The summed E-state index contributed by atoms with van der Waals surface area (Å²) in [6, 6.07) is 8.09. The topological polar surface area (TPSA) is 61.2 Å². The Labute approximate surface area is 143 Å². The molecule has 122 valence electrons. The largest absolute Gasteiger partial charge is 0.461 e. The molecule has 0 saturated carbocycles. The van der Waals surface area contributed by atoms with Crippen LogP contribution in [0.4, 0.5) is 0 Å². The number of carbonyl (C=O) groups excluding carboxylic acids is 1. The van der Waals surface area contributed by atoms with E-state index < -0.39 is 5.97 Å². The lowest BCUT2D eigenvalue weighted by Crippen LogP contribution is -2.25. The molecule has 1 aromatic carbocycles. The van der Waals surface area contributed by atoms with Crippen LogP contribution in [0.5, 0.6) is 0 Å². The molecule has 0 fully saturated rings. The molecule has 0 unspecified atom stereocenters. The van der Waals surface area contributed by atoms with Gasteiger partial charge in [-0.25, -0.2) is 4.79 Å². The number of thioether (sulfide) groups is 1. The second-order valence-electron chi connectivity index (χ2n) is 4.65. The van der Waals surface area contributed by atoms with Crippen molar-refractivity contribution in [3.05, 3.63) is 51.4 Å². The van der Waals surface area contributed by atoms with Crippen molar-refractivity contribution in [2.75, 3.05) is 12.4 Å². The summed E-state index contributed by atoms with van der Waals surface area (Å²) in [7, 11) is 0. The fourth-order valence-electron chi connectivity index (χ4n) is 1.87. The number of aromatic nitrogens is 2. The average Bonchev–Trinajstić information content (AvgIpc) is 2.54. The first-order valence-corrected chi connectivity index (χ1v) is 8.63. The summed E-state index contributed by atoms with van der Waals surface area (Å²) < 4.78 is 6.23. The first kappa shape index (κ1) is 17.6. The number of ether oxygens (including phenoxy) is 1. The molecule has 2 rings (SSSR count). The lowest BCUT2D eigenvalue weighted by Gasteiger charge is -2.11. The van der Waals surface area contributed by atoms with E-state index in [9.17, 15) is 9.59 Å². The summed E-state index contributed by atoms with van der Waals surface area (Å²) in [6.45, 7) is 4.00. The Bertz CT molecular complexity index is 744. The minimum atomic E-state index is -0.534. The molecule has 0 amide bonds. The van der Waals surface area contributed by atoms with Crippen molar-refractivity contribution in [1.82, 2.24) is 9.78 Å². The van der Waals surface area contributed by atoms with Gasteiger partial charge in [-0.1, -0.05) is 18.5 Å². The summed E-state index contributed by atoms with van der Waals surface area (Å²) in [5.74, 6) is 0.257. The Morgan fingerprint density at radius 2 is 2.00 bits per heavy atom. The van der Waals surface area contributed by atoms with Gasteiger partial charge in [0.05, 0.1) is 12.3 Å². The Kier molecular flexibility index (Phi) is 6.24. The highest BCUT2D eigenvalue weighted by Crippen LogP contribution is 2.22. The summed E-state index contributed by atoms with van der Waals surface area (Å²) >= 11 is 7.28. The minimum Gasteiger partial charge on any atom is -0.461 e. The molecule has 7 heteroatoms. The molecule has 0 aliphatic carbocycles. The third-order valence-electron chi connectivity index (χ3n) is 2.90. The first-order chi connectivity index (χ1) is 11.1. The van der Waals surface area contributed by atoms with Crippen LogP contribution in [0, 0.1) is 0 Å². The van der Waals surface area contributed by atoms with Gasteiger partial charge in [-0.15, -0.1) is 11.8 Å². The summed E-state index contributed by atoms with van der Waals surface area (Å²) in [5.41, 5.74) is 0.385. The van der Waals surface area contributed by atoms with E-state index in [1.807, 2.05) is 6.92 Å². The van der Waals surface area contributed by atoms with Gasteiger partial charge in [0, 0.05) is 16.0 Å². The highest BCUT2D eigenvalue weighted by atomic mass is 35.5. The predicted octanol–water partition coefficient (Wildman–Crippen LogP) is 3.56. The van der Waals surface area contributed by atoms with Crippen LogP contribution in [-0.4, -0.2) is 28.1 Å². The van der Waals surface area contributed by atoms with E-state index in [0.29, 0.717) is 15.6 Å². The molecule has 0 spiro atoms. The molecular weight excluding hydrogens is 336 g/mol. The third kappa shape index (κ3) is 4.36. The molecule has 0 radical (unpaired) electrons. The Balaban J connectivity index is 2.52. The van der Waals surface area contributed by atoms with Gasteiger partial charge in [0.1, 0.15) is 0 Å². The van der Waals surface area contributed by atoms with Crippen LogP contribution < -0.4 is 5.56 Å². The van der Waals surface area contributed by atoms with E-state index in [-0.39, 0.29) is 17.9 Å². The maximum absolute atomic E-state index is 12.3. The maximum atomic E-state index is 12.3. The van der Waals surface area contributed by atoms with Crippen molar-refractivity contribution in [1.29, 1.82) is 0 Å². The van der Waals surface area contributed by atoms with Gasteiger partial charge in [-0.3, -0.25) is 4.79 Å². The average molecular weight is 353 g/mol. The lowest BCUT2D eigenvalue weighted by molar-refractivity contribution is 0.0512. The number of carbonyl (C=O) groups is 1. The number of nitrogens with zero attached hydrogens (tertiary/aromatic N) is 2. The number of benzene rings is 1. The van der Waals surface area contributed by atoms with Crippen molar-refractivity contribution >= 4 is 29.3 Å². The minimum absolute atomic E-state index is 0.153. The van der Waals surface area contributed by atoms with E-state index >= 15 is 0 Å². The number of hydrogen-bond donors (Lipinski definition) is 0. The molecule has 23 heavy (non-hydrogen) atoms. The lowest BCUT2D eigenvalue weighted by atomic mass is 10.3. The maximum Gasteiger partial charge on any atom is 0.359 e. The number of esters is 1. The Morgan fingerprint density at radius 1 is 1.30 bits per heavy atom. The van der Waals surface area contributed by atoms with E-state index in [1.54, 1.807) is 31.2 Å². The fourth-order valence-corrected chi connectivity index (χ4v) is 2.87. The highest BCUT2D eigenvalue weighted by Gasteiger charge is 2.18. The zero-order valence-corrected chi connectivity index (χ0v) is 14.5. The smallest absolute Gasteiger partial charge is 0.359 e. The van der Waals surface area contributed by atoms with Crippen LogP contribution in [0.1, 0.15) is 30.8 Å².